The predicted octanol–water partition coefficient (Wildman–Crippen LogP) is 3.06. The molecule has 0 spiro atoms. The van der Waals surface area contributed by atoms with E-state index in [1.807, 2.05) is 35.2 Å². The highest BCUT2D eigenvalue weighted by Gasteiger charge is 2.30. The molecule has 0 saturated carbocycles. The Morgan fingerprint density at radius 1 is 1.19 bits per heavy atom. The van der Waals surface area contributed by atoms with E-state index < -0.39 is 0 Å². The molecule has 5 nitrogen and oxygen atoms in total. The molecule has 5 heteroatoms. The van der Waals surface area contributed by atoms with Crippen LogP contribution in [0, 0.1) is 0 Å². The lowest BCUT2D eigenvalue weighted by Crippen LogP contribution is -2.43. The first-order valence-electron chi connectivity index (χ1n) is 9.45. The number of nitrogens with zero attached hydrogens (tertiary/aromatic N) is 2. The lowest BCUT2D eigenvalue weighted by molar-refractivity contribution is -0.133. The Balaban J connectivity index is 1.74. The summed E-state index contributed by atoms with van der Waals surface area (Å²) < 4.78 is 0. The first-order chi connectivity index (χ1) is 12.9. The van der Waals surface area contributed by atoms with Crippen molar-refractivity contribution in [3.05, 3.63) is 66.0 Å². The summed E-state index contributed by atoms with van der Waals surface area (Å²) in [7, 11) is 0. The van der Waals surface area contributed by atoms with Crippen LogP contribution < -0.4 is 5.32 Å². The number of hydrogen-bond acceptors (Lipinski definition) is 3. The van der Waals surface area contributed by atoms with Gasteiger partial charge in [0.05, 0.1) is 0 Å². The van der Waals surface area contributed by atoms with Gasteiger partial charge in [0.1, 0.15) is 0 Å². The summed E-state index contributed by atoms with van der Waals surface area (Å²) in [4.78, 5) is 30.7. The van der Waals surface area contributed by atoms with Crippen LogP contribution in [-0.4, -0.2) is 34.3 Å². The average molecular weight is 365 g/mol. The number of nitrogens with one attached hydrogen (secondary N) is 1. The number of benzene rings is 1. The fraction of sp³-hybridized carbons (Fsp3) is 0.409. The van der Waals surface area contributed by atoms with Gasteiger partial charge in [-0.05, 0) is 35.1 Å². The molecule has 1 aliphatic heterocycles. The second-order valence-corrected chi connectivity index (χ2v) is 7.86. The molecular formula is C22H27N3O2. The molecule has 3 rings (SSSR count). The molecule has 0 bridgehead atoms. The molecule has 1 aliphatic rings. The Bertz CT molecular complexity index is 775. The number of rotatable bonds is 7. The van der Waals surface area contributed by atoms with Crippen molar-refractivity contribution in [1.82, 2.24) is 15.2 Å². The fourth-order valence-electron chi connectivity index (χ4n) is 3.52. The van der Waals surface area contributed by atoms with Crippen molar-refractivity contribution < 1.29 is 9.59 Å². The average Bonchev–Trinajstić information content (AvgIpc) is 3.07. The van der Waals surface area contributed by atoms with E-state index in [9.17, 15) is 9.59 Å². The van der Waals surface area contributed by atoms with Crippen LogP contribution in [0.5, 0.6) is 0 Å². The first-order valence-corrected chi connectivity index (χ1v) is 9.45. The lowest BCUT2D eigenvalue weighted by Gasteiger charge is -2.31. The maximum absolute atomic E-state index is 13.2. The molecule has 2 aromatic rings. The number of carbonyl (C=O) groups is 2. The highest BCUT2D eigenvalue weighted by molar-refractivity contribution is 5.80. The largest absolute Gasteiger partial charge is 0.352 e. The molecule has 2 amide bonds. The third-order valence-corrected chi connectivity index (χ3v) is 5.15. The van der Waals surface area contributed by atoms with Crippen molar-refractivity contribution in [2.45, 2.75) is 51.1 Å². The second kappa shape index (κ2) is 8.33. The van der Waals surface area contributed by atoms with Crippen LogP contribution in [0.3, 0.4) is 0 Å². The minimum Gasteiger partial charge on any atom is -0.352 e. The van der Waals surface area contributed by atoms with Crippen LogP contribution in [0.2, 0.25) is 0 Å². The molecule has 1 N–H and O–H groups in total. The molecule has 0 radical (unpaired) electrons. The molecule has 0 aliphatic carbocycles. The van der Waals surface area contributed by atoms with E-state index in [2.05, 4.69) is 36.3 Å². The zero-order valence-electron chi connectivity index (χ0n) is 16.0. The van der Waals surface area contributed by atoms with Crippen LogP contribution in [-0.2, 0) is 21.5 Å². The Hall–Kier alpha value is -2.69. The molecule has 1 aromatic carbocycles. The summed E-state index contributed by atoms with van der Waals surface area (Å²) in [6.45, 7) is 5.26. The van der Waals surface area contributed by atoms with Gasteiger partial charge < -0.3 is 10.2 Å². The number of hydrogen-bond donors (Lipinski definition) is 1. The van der Waals surface area contributed by atoms with Gasteiger partial charge in [-0.15, -0.1) is 0 Å². The van der Waals surface area contributed by atoms with Crippen LogP contribution in [0.4, 0.5) is 0 Å². The number of amides is 2. The topological polar surface area (TPSA) is 62.3 Å². The van der Waals surface area contributed by atoms with Gasteiger partial charge >= 0.3 is 0 Å². The van der Waals surface area contributed by atoms with E-state index in [0.717, 1.165) is 17.5 Å². The molecule has 1 aromatic heterocycles. The van der Waals surface area contributed by atoms with Crippen LogP contribution >= 0.6 is 0 Å². The fourth-order valence-corrected chi connectivity index (χ4v) is 3.52. The van der Waals surface area contributed by atoms with Crippen molar-refractivity contribution >= 4 is 11.8 Å². The first kappa shape index (κ1) is 19.1. The Morgan fingerprint density at radius 3 is 2.52 bits per heavy atom. The number of pyridine rings is 1. The van der Waals surface area contributed by atoms with E-state index in [0.29, 0.717) is 25.9 Å². The zero-order chi connectivity index (χ0) is 19.3. The van der Waals surface area contributed by atoms with E-state index in [4.69, 9.17) is 0 Å². The van der Waals surface area contributed by atoms with Gasteiger partial charge in [0.25, 0.3) is 0 Å². The van der Waals surface area contributed by atoms with E-state index in [1.54, 1.807) is 12.4 Å². The van der Waals surface area contributed by atoms with E-state index >= 15 is 0 Å². The molecule has 27 heavy (non-hydrogen) atoms. The van der Waals surface area contributed by atoms with Crippen molar-refractivity contribution in [3.8, 4) is 0 Å². The maximum atomic E-state index is 13.2. The Kier molecular flexibility index (Phi) is 5.89. The summed E-state index contributed by atoms with van der Waals surface area (Å²) in [5.74, 6) is 0.169. The van der Waals surface area contributed by atoms with Crippen molar-refractivity contribution in [2.24, 2.45) is 0 Å². The van der Waals surface area contributed by atoms with Gasteiger partial charge in [0, 0.05) is 44.4 Å². The minimum atomic E-state index is -0.256. The van der Waals surface area contributed by atoms with Gasteiger partial charge in [-0.25, -0.2) is 0 Å². The third kappa shape index (κ3) is 5.16. The van der Waals surface area contributed by atoms with E-state index in [-0.39, 0.29) is 23.3 Å². The van der Waals surface area contributed by atoms with Crippen LogP contribution in [0.25, 0.3) is 0 Å². The second-order valence-electron chi connectivity index (χ2n) is 7.86. The van der Waals surface area contributed by atoms with Crippen molar-refractivity contribution in [2.75, 3.05) is 6.54 Å². The smallest absolute Gasteiger partial charge is 0.223 e. The highest BCUT2D eigenvalue weighted by atomic mass is 16.2. The number of carbonyl (C=O) groups excluding carboxylic acids is 2. The normalized spacial score (nSPS) is 16.8. The van der Waals surface area contributed by atoms with Gasteiger partial charge in [-0.3, -0.25) is 14.6 Å². The number of aromatic nitrogens is 1. The summed E-state index contributed by atoms with van der Waals surface area (Å²) >= 11 is 0. The molecular weight excluding hydrogens is 338 g/mol. The summed E-state index contributed by atoms with van der Waals surface area (Å²) in [6.07, 6.45) is 5.22. The Labute approximate surface area is 160 Å². The molecule has 1 atom stereocenters. The summed E-state index contributed by atoms with van der Waals surface area (Å²) in [6, 6.07) is 14.0. The SMILES string of the molecule is CC(C)(CC(=O)N(Cc1ccncc1)C[C@@H]1CCC(=O)N1)c1ccccc1. The quantitative estimate of drug-likeness (QED) is 0.820. The molecule has 1 saturated heterocycles. The molecule has 142 valence electrons. The van der Waals surface area contributed by atoms with Gasteiger partial charge in [0.15, 0.2) is 0 Å². The zero-order valence-corrected chi connectivity index (χ0v) is 16.0. The van der Waals surface area contributed by atoms with Gasteiger partial charge in [-0.1, -0.05) is 44.2 Å². The monoisotopic (exact) mass is 365 g/mol. The van der Waals surface area contributed by atoms with Crippen LogP contribution in [0.1, 0.15) is 44.2 Å². The van der Waals surface area contributed by atoms with Crippen molar-refractivity contribution in [3.63, 3.8) is 0 Å². The van der Waals surface area contributed by atoms with Gasteiger partial charge in [0.2, 0.25) is 11.8 Å². The summed E-state index contributed by atoms with van der Waals surface area (Å²) in [5.41, 5.74) is 1.94. The predicted molar refractivity (Wildman–Crippen MR) is 105 cm³/mol. The van der Waals surface area contributed by atoms with E-state index in [1.165, 1.54) is 0 Å². The van der Waals surface area contributed by atoms with Crippen LogP contribution in [0.15, 0.2) is 54.9 Å². The molecule has 0 unspecified atom stereocenters. The Morgan fingerprint density at radius 2 is 1.89 bits per heavy atom. The molecule has 2 heterocycles. The highest BCUT2D eigenvalue weighted by Crippen LogP contribution is 2.28. The standard InChI is InChI=1S/C22H27N3O2/c1-22(2,18-6-4-3-5-7-18)14-21(27)25(15-17-10-12-23-13-11-17)16-19-8-9-20(26)24-19/h3-7,10-13,19H,8-9,14-16H2,1-2H3,(H,24,26)/t19-/m0/s1. The van der Waals surface area contributed by atoms with Gasteiger partial charge in [-0.2, -0.15) is 0 Å². The third-order valence-electron chi connectivity index (χ3n) is 5.15. The minimum absolute atomic E-state index is 0.0307. The summed E-state index contributed by atoms with van der Waals surface area (Å²) in [5, 5.41) is 2.97. The lowest BCUT2D eigenvalue weighted by atomic mass is 9.81. The molecule has 1 fully saturated rings. The maximum Gasteiger partial charge on any atom is 0.223 e. The van der Waals surface area contributed by atoms with Crippen molar-refractivity contribution in [1.29, 1.82) is 0 Å².